The Morgan fingerprint density at radius 1 is 1.27 bits per heavy atom. The van der Waals surface area contributed by atoms with Gasteiger partial charge in [-0.25, -0.2) is 0 Å². The van der Waals surface area contributed by atoms with Crippen molar-refractivity contribution in [1.29, 1.82) is 0 Å². The molecule has 0 aromatic carbocycles. The minimum atomic E-state index is 0.146. The molecule has 0 radical (unpaired) electrons. The van der Waals surface area contributed by atoms with E-state index in [-0.39, 0.29) is 12.5 Å². The van der Waals surface area contributed by atoms with Crippen LogP contribution in [0.3, 0.4) is 0 Å². The lowest BCUT2D eigenvalue weighted by molar-refractivity contribution is 0.0699. The molecule has 2 aromatic rings. The fraction of sp³-hybridized carbons (Fsp3) is 0.500. The molecule has 1 aliphatic heterocycles. The molecule has 5 nitrogen and oxygen atoms in total. The molecule has 140 valence electrons. The zero-order valence-electron chi connectivity index (χ0n) is 15.1. The Bertz CT molecular complexity index is 720. The van der Waals surface area contributed by atoms with Crippen molar-refractivity contribution < 1.29 is 9.84 Å². The normalized spacial score (nSPS) is 16.4. The molecule has 3 heterocycles. The number of nitrogens with one attached hydrogen (secondary N) is 1. The van der Waals surface area contributed by atoms with Crippen LogP contribution in [0.15, 0.2) is 30.7 Å². The Labute approximate surface area is 159 Å². The summed E-state index contributed by atoms with van der Waals surface area (Å²) in [6, 6.07) is 4.07. The first-order chi connectivity index (χ1) is 12.7. The van der Waals surface area contributed by atoms with Gasteiger partial charge in [-0.15, -0.1) is 0 Å². The lowest BCUT2D eigenvalue weighted by Gasteiger charge is -2.22. The van der Waals surface area contributed by atoms with Crippen molar-refractivity contribution in [2.75, 3.05) is 31.7 Å². The van der Waals surface area contributed by atoms with Crippen LogP contribution < -0.4 is 5.32 Å². The highest BCUT2D eigenvalue weighted by Gasteiger charge is 2.14. The first-order valence-electron chi connectivity index (χ1n) is 9.18. The van der Waals surface area contributed by atoms with Crippen LogP contribution in [0, 0.1) is 11.8 Å². The average Bonchev–Trinajstić information content (AvgIpc) is 2.69. The quantitative estimate of drug-likeness (QED) is 0.770. The first-order valence-corrected chi connectivity index (χ1v) is 9.56. The number of rotatable bonds is 7. The van der Waals surface area contributed by atoms with Gasteiger partial charge in [0.15, 0.2) is 0 Å². The van der Waals surface area contributed by atoms with Crippen LogP contribution in [0.25, 0.3) is 11.1 Å². The number of aliphatic hydroxyl groups excluding tert-OH is 1. The zero-order chi connectivity index (χ0) is 18.4. The number of pyridine rings is 2. The van der Waals surface area contributed by atoms with E-state index >= 15 is 0 Å². The molecule has 2 aromatic heterocycles. The summed E-state index contributed by atoms with van der Waals surface area (Å²) in [5.74, 6) is 0.811. The first kappa shape index (κ1) is 19.1. The van der Waals surface area contributed by atoms with Crippen molar-refractivity contribution in [2.45, 2.75) is 26.2 Å². The van der Waals surface area contributed by atoms with Crippen molar-refractivity contribution in [3.05, 3.63) is 41.4 Å². The lowest BCUT2D eigenvalue weighted by Crippen LogP contribution is -2.22. The van der Waals surface area contributed by atoms with E-state index in [4.69, 9.17) is 16.3 Å². The standard InChI is InChI=1S/C20H26ClN3O2/c1-14(13-25)6-17-8-19(20(21)12-24-17)16-7-18(11-22-10-16)23-9-15-2-4-26-5-3-15/h7-8,10-12,14-15,23,25H,2-6,9,13H2,1H3/t14-/m0/s1. The second-order valence-electron chi connectivity index (χ2n) is 7.05. The molecule has 1 aliphatic rings. The van der Waals surface area contributed by atoms with Gasteiger partial charge in [0.05, 0.1) is 10.7 Å². The molecule has 26 heavy (non-hydrogen) atoms. The van der Waals surface area contributed by atoms with E-state index in [0.29, 0.717) is 10.9 Å². The summed E-state index contributed by atoms with van der Waals surface area (Å²) in [5, 5.41) is 13.4. The van der Waals surface area contributed by atoms with Gasteiger partial charge in [0.1, 0.15) is 0 Å². The van der Waals surface area contributed by atoms with Gasteiger partial charge in [-0.2, -0.15) is 0 Å². The minimum Gasteiger partial charge on any atom is -0.396 e. The highest BCUT2D eigenvalue weighted by Crippen LogP contribution is 2.29. The van der Waals surface area contributed by atoms with Crippen molar-refractivity contribution >= 4 is 17.3 Å². The number of aliphatic hydroxyl groups is 1. The van der Waals surface area contributed by atoms with Gasteiger partial charge in [0, 0.05) is 61.8 Å². The van der Waals surface area contributed by atoms with Crippen molar-refractivity contribution in [3.8, 4) is 11.1 Å². The molecule has 1 atom stereocenters. The zero-order valence-corrected chi connectivity index (χ0v) is 15.9. The molecule has 0 amide bonds. The van der Waals surface area contributed by atoms with E-state index in [1.54, 1.807) is 6.20 Å². The summed E-state index contributed by atoms with van der Waals surface area (Å²) in [4.78, 5) is 8.75. The van der Waals surface area contributed by atoms with Gasteiger partial charge in [0.2, 0.25) is 0 Å². The maximum absolute atomic E-state index is 9.26. The largest absolute Gasteiger partial charge is 0.396 e. The average molecular weight is 376 g/mol. The fourth-order valence-electron chi connectivity index (χ4n) is 3.13. The Kier molecular flexibility index (Phi) is 6.83. The van der Waals surface area contributed by atoms with Gasteiger partial charge in [-0.1, -0.05) is 18.5 Å². The summed E-state index contributed by atoms with van der Waals surface area (Å²) in [5.41, 5.74) is 3.80. The molecule has 6 heteroatoms. The Morgan fingerprint density at radius 3 is 2.85 bits per heavy atom. The summed E-state index contributed by atoms with van der Waals surface area (Å²) in [6.07, 6.45) is 8.26. The number of anilines is 1. The predicted octanol–water partition coefficient (Wildman–Crippen LogP) is 3.81. The fourth-order valence-corrected chi connectivity index (χ4v) is 3.35. The summed E-state index contributed by atoms with van der Waals surface area (Å²) >= 11 is 6.38. The van der Waals surface area contributed by atoms with Crippen LogP contribution in [0.1, 0.15) is 25.5 Å². The third-order valence-electron chi connectivity index (χ3n) is 4.77. The summed E-state index contributed by atoms with van der Waals surface area (Å²) in [6.45, 7) is 4.78. The van der Waals surface area contributed by atoms with E-state index in [1.807, 2.05) is 25.4 Å². The molecular formula is C20H26ClN3O2. The molecule has 3 rings (SSSR count). The van der Waals surface area contributed by atoms with Gasteiger partial charge >= 0.3 is 0 Å². The molecule has 0 saturated carbocycles. The second kappa shape index (κ2) is 9.31. The molecule has 1 fully saturated rings. The maximum atomic E-state index is 9.26. The van der Waals surface area contributed by atoms with Crippen molar-refractivity contribution in [2.24, 2.45) is 11.8 Å². The summed E-state index contributed by atoms with van der Waals surface area (Å²) < 4.78 is 5.41. The van der Waals surface area contributed by atoms with Gasteiger partial charge in [-0.05, 0) is 43.2 Å². The molecular weight excluding hydrogens is 350 g/mol. The number of hydrogen-bond acceptors (Lipinski definition) is 5. The molecule has 0 bridgehead atoms. The van der Waals surface area contributed by atoms with E-state index in [2.05, 4.69) is 21.4 Å². The Hall–Kier alpha value is -1.69. The van der Waals surface area contributed by atoms with E-state index in [1.165, 1.54) is 0 Å². The van der Waals surface area contributed by atoms with Crippen LogP contribution >= 0.6 is 11.6 Å². The van der Waals surface area contributed by atoms with E-state index in [0.717, 1.165) is 61.5 Å². The molecule has 0 unspecified atom stereocenters. The van der Waals surface area contributed by atoms with Gasteiger partial charge in [-0.3, -0.25) is 9.97 Å². The molecule has 1 saturated heterocycles. The van der Waals surface area contributed by atoms with Crippen LogP contribution in [-0.2, 0) is 11.2 Å². The monoisotopic (exact) mass is 375 g/mol. The third-order valence-corrected chi connectivity index (χ3v) is 5.07. The van der Waals surface area contributed by atoms with Gasteiger partial charge < -0.3 is 15.2 Å². The molecule has 0 spiro atoms. The van der Waals surface area contributed by atoms with Crippen LogP contribution in [0.5, 0.6) is 0 Å². The maximum Gasteiger partial charge on any atom is 0.0668 e. The summed E-state index contributed by atoms with van der Waals surface area (Å²) in [7, 11) is 0. The smallest absolute Gasteiger partial charge is 0.0668 e. The molecule has 0 aliphatic carbocycles. The number of nitrogens with zero attached hydrogens (tertiary/aromatic N) is 2. The second-order valence-corrected chi connectivity index (χ2v) is 7.45. The lowest BCUT2D eigenvalue weighted by atomic mass is 10.00. The molecule has 2 N–H and O–H groups in total. The van der Waals surface area contributed by atoms with Crippen molar-refractivity contribution in [1.82, 2.24) is 9.97 Å². The topological polar surface area (TPSA) is 67.3 Å². The number of ether oxygens (including phenoxy) is 1. The predicted molar refractivity (Wildman–Crippen MR) is 104 cm³/mol. The van der Waals surface area contributed by atoms with Crippen molar-refractivity contribution in [3.63, 3.8) is 0 Å². The van der Waals surface area contributed by atoms with Crippen LogP contribution in [0.2, 0.25) is 5.02 Å². The van der Waals surface area contributed by atoms with Gasteiger partial charge in [0.25, 0.3) is 0 Å². The number of aromatic nitrogens is 2. The van der Waals surface area contributed by atoms with E-state index in [9.17, 15) is 5.11 Å². The highest BCUT2D eigenvalue weighted by atomic mass is 35.5. The SMILES string of the molecule is C[C@H](CO)Cc1cc(-c2cncc(NCC3CCOCC3)c2)c(Cl)cn1. The minimum absolute atomic E-state index is 0.146. The van der Waals surface area contributed by atoms with Crippen LogP contribution in [0.4, 0.5) is 5.69 Å². The Balaban J connectivity index is 1.73. The highest BCUT2D eigenvalue weighted by molar-refractivity contribution is 6.33. The van der Waals surface area contributed by atoms with E-state index < -0.39 is 0 Å². The van der Waals surface area contributed by atoms with Crippen LogP contribution in [-0.4, -0.2) is 41.4 Å². The Morgan fingerprint density at radius 2 is 2.08 bits per heavy atom. The number of hydrogen-bond donors (Lipinski definition) is 2. The third kappa shape index (κ3) is 5.16. The number of halogens is 1.